The molecule has 0 amide bonds. The number of hydrogen-bond donors (Lipinski definition) is 1. The van der Waals surface area contributed by atoms with Crippen molar-refractivity contribution >= 4 is 0 Å². The number of oxazole rings is 1. The molecule has 0 saturated heterocycles. The summed E-state index contributed by atoms with van der Waals surface area (Å²) >= 11 is 0. The van der Waals surface area contributed by atoms with Gasteiger partial charge < -0.3 is 14.2 Å². The highest BCUT2D eigenvalue weighted by molar-refractivity contribution is 5.44. The Labute approximate surface area is 133 Å². The minimum Gasteiger partial charge on any atom is -0.459 e. The molecule has 4 rings (SSSR count). The van der Waals surface area contributed by atoms with E-state index in [1.54, 1.807) is 6.26 Å². The van der Waals surface area contributed by atoms with E-state index in [-0.39, 0.29) is 0 Å². The Bertz CT molecular complexity index is 803. The molecule has 4 heterocycles. The molecule has 0 radical (unpaired) electrons. The minimum absolute atomic E-state index is 0.367. The molecule has 1 aliphatic heterocycles. The lowest BCUT2D eigenvalue weighted by Crippen LogP contribution is -2.37. The van der Waals surface area contributed by atoms with Crippen molar-refractivity contribution < 1.29 is 8.83 Å². The van der Waals surface area contributed by atoms with Crippen LogP contribution in [0.3, 0.4) is 0 Å². The molecule has 0 aliphatic carbocycles. The van der Waals surface area contributed by atoms with Gasteiger partial charge in [-0.2, -0.15) is 5.10 Å². The maximum Gasteiger partial charge on any atom is 0.263 e. The van der Waals surface area contributed by atoms with Gasteiger partial charge >= 0.3 is 0 Å². The summed E-state index contributed by atoms with van der Waals surface area (Å²) in [7, 11) is 0. The van der Waals surface area contributed by atoms with Gasteiger partial charge in [0.15, 0.2) is 5.76 Å². The Morgan fingerprint density at radius 1 is 1.35 bits per heavy atom. The summed E-state index contributed by atoms with van der Waals surface area (Å²) in [5, 5.41) is 7.98. The lowest BCUT2D eigenvalue weighted by molar-refractivity contribution is 0.356. The van der Waals surface area contributed by atoms with Gasteiger partial charge in [0.1, 0.15) is 17.4 Å². The Morgan fingerprint density at radius 3 is 3.09 bits per heavy atom. The van der Waals surface area contributed by atoms with E-state index in [1.807, 2.05) is 30.7 Å². The SMILES string of the molecule is Cc1nc2n(n1)C[C@H](NCc1nc(-c3ccco3)oc1C)CC2. The minimum atomic E-state index is 0.367. The molecule has 0 bridgehead atoms. The van der Waals surface area contributed by atoms with Gasteiger partial charge in [0.05, 0.1) is 18.5 Å². The molecule has 1 N–H and O–H groups in total. The maximum absolute atomic E-state index is 5.69. The molecule has 1 atom stereocenters. The van der Waals surface area contributed by atoms with Gasteiger partial charge in [0, 0.05) is 19.0 Å². The van der Waals surface area contributed by atoms with Crippen LogP contribution in [0.25, 0.3) is 11.7 Å². The van der Waals surface area contributed by atoms with Crippen LogP contribution in [0.1, 0.15) is 29.5 Å². The number of furan rings is 1. The average molecular weight is 313 g/mol. The molecule has 0 unspecified atom stereocenters. The number of rotatable bonds is 4. The zero-order valence-electron chi connectivity index (χ0n) is 13.2. The summed E-state index contributed by atoms with van der Waals surface area (Å²) < 4.78 is 13.0. The number of hydrogen-bond acceptors (Lipinski definition) is 6. The molecule has 120 valence electrons. The molecule has 1 aliphatic rings. The van der Waals surface area contributed by atoms with Crippen LogP contribution in [-0.2, 0) is 19.5 Å². The van der Waals surface area contributed by atoms with Crippen LogP contribution in [0.2, 0.25) is 0 Å². The van der Waals surface area contributed by atoms with Crippen LogP contribution in [0.5, 0.6) is 0 Å². The summed E-state index contributed by atoms with van der Waals surface area (Å²) in [6, 6.07) is 4.04. The highest BCUT2D eigenvalue weighted by atomic mass is 16.4. The topological polar surface area (TPSA) is 81.9 Å². The lowest BCUT2D eigenvalue weighted by atomic mass is 10.1. The number of fused-ring (bicyclic) bond motifs is 1. The molecule has 3 aromatic heterocycles. The van der Waals surface area contributed by atoms with Crippen LogP contribution < -0.4 is 5.32 Å². The Morgan fingerprint density at radius 2 is 2.26 bits per heavy atom. The van der Waals surface area contributed by atoms with Gasteiger partial charge in [-0.1, -0.05) is 0 Å². The van der Waals surface area contributed by atoms with Crippen molar-refractivity contribution in [3.63, 3.8) is 0 Å². The second-order valence-electron chi connectivity index (χ2n) is 5.87. The molecule has 0 fully saturated rings. The number of aryl methyl sites for hydroxylation is 3. The molecular formula is C16H19N5O2. The van der Waals surface area contributed by atoms with Crippen molar-refractivity contribution in [3.8, 4) is 11.7 Å². The summed E-state index contributed by atoms with van der Waals surface area (Å²) in [6.07, 6.45) is 3.63. The first-order chi connectivity index (χ1) is 11.2. The summed E-state index contributed by atoms with van der Waals surface area (Å²) in [5.74, 6) is 3.92. The predicted octanol–water partition coefficient (Wildman–Crippen LogP) is 2.25. The third-order valence-corrected chi connectivity index (χ3v) is 4.15. The van der Waals surface area contributed by atoms with Gasteiger partial charge in [0.2, 0.25) is 0 Å². The fourth-order valence-corrected chi connectivity index (χ4v) is 2.94. The third-order valence-electron chi connectivity index (χ3n) is 4.15. The maximum atomic E-state index is 5.69. The van der Waals surface area contributed by atoms with Gasteiger partial charge in [-0.05, 0) is 32.4 Å². The quantitative estimate of drug-likeness (QED) is 0.795. The van der Waals surface area contributed by atoms with Crippen LogP contribution in [0.15, 0.2) is 27.2 Å². The van der Waals surface area contributed by atoms with Crippen LogP contribution in [-0.4, -0.2) is 25.8 Å². The van der Waals surface area contributed by atoms with E-state index >= 15 is 0 Å². The molecule has 0 spiro atoms. The Hall–Kier alpha value is -2.41. The van der Waals surface area contributed by atoms with Gasteiger partial charge in [0.25, 0.3) is 5.89 Å². The number of aromatic nitrogens is 4. The normalized spacial score (nSPS) is 17.4. The molecule has 23 heavy (non-hydrogen) atoms. The van der Waals surface area contributed by atoms with E-state index in [4.69, 9.17) is 8.83 Å². The van der Waals surface area contributed by atoms with E-state index in [0.717, 1.165) is 42.5 Å². The number of nitrogens with one attached hydrogen (secondary N) is 1. The van der Waals surface area contributed by atoms with Crippen LogP contribution in [0, 0.1) is 13.8 Å². The van der Waals surface area contributed by atoms with Crippen molar-refractivity contribution in [2.24, 2.45) is 0 Å². The zero-order chi connectivity index (χ0) is 15.8. The van der Waals surface area contributed by atoms with Gasteiger partial charge in [-0.15, -0.1) is 0 Å². The van der Waals surface area contributed by atoms with Gasteiger partial charge in [-0.3, -0.25) is 0 Å². The smallest absolute Gasteiger partial charge is 0.263 e. The third kappa shape index (κ3) is 2.79. The van der Waals surface area contributed by atoms with E-state index in [2.05, 4.69) is 20.4 Å². The van der Waals surface area contributed by atoms with Crippen molar-refractivity contribution in [1.82, 2.24) is 25.1 Å². The summed E-state index contributed by atoms with van der Waals surface area (Å²) in [6.45, 7) is 5.38. The van der Waals surface area contributed by atoms with Crippen molar-refractivity contribution in [2.75, 3.05) is 0 Å². The molecule has 3 aromatic rings. The Kier molecular flexibility index (Phi) is 3.49. The zero-order valence-corrected chi connectivity index (χ0v) is 13.2. The first-order valence-corrected chi connectivity index (χ1v) is 7.83. The summed E-state index contributed by atoms with van der Waals surface area (Å²) in [5.41, 5.74) is 0.914. The van der Waals surface area contributed by atoms with E-state index in [0.29, 0.717) is 24.2 Å². The van der Waals surface area contributed by atoms with E-state index in [9.17, 15) is 0 Å². The lowest BCUT2D eigenvalue weighted by Gasteiger charge is -2.23. The second-order valence-corrected chi connectivity index (χ2v) is 5.87. The fourth-order valence-electron chi connectivity index (χ4n) is 2.94. The largest absolute Gasteiger partial charge is 0.459 e. The van der Waals surface area contributed by atoms with Gasteiger partial charge in [-0.25, -0.2) is 14.6 Å². The summed E-state index contributed by atoms with van der Waals surface area (Å²) in [4.78, 5) is 8.96. The van der Waals surface area contributed by atoms with Crippen molar-refractivity contribution in [2.45, 2.75) is 45.8 Å². The average Bonchev–Trinajstić information content (AvgIpc) is 3.23. The first-order valence-electron chi connectivity index (χ1n) is 7.83. The standard InChI is InChI=1S/C16H19N5O2/c1-10-13(19-16(23-10)14-4-3-7-22-14)8-17-12-5-6-15-18-11(2)20-21(15)9-12/h3-4,7,12,17H,5-6,8-9H2,1-2H3/t12-/m1/s1. The molecule has 7 nitrogen and oxygen atoms in total. The first kappa shape index (κ1) is 14.2. The molecule has 0 saturated carbocycles. The molecular weight excluding hydrogens is 294 g/mol. The van der Waals surface area contributed by atoms with Crippen molar-refractivity contribution in [1.29, 1.82) is 0 Å². The van der Waals surface area contributed by atoms with Crippen LogP contribution >= 0.6 is 0 Å². The second kappa shape index (κ2) is 5.66. The molecule has 7 heteroatoms. The highest BCUT2D eigenvalue weighted by Gasteiger charge is 2.21. The highest BCUT2D eigenvalue weighted by Crippen LogP contribution is 2.22. The Balaban J connectivity index is 1.42. The number of nitrogens with zero attached hydrogens (tertiary/aromatic N) is 4. The van der Waals surface area contributed by atoms with Crippen LogP contribution in [0.4, 0.5) is 0 Å². The molecule has 0 aromatic carbocycles. The van der Waals surface area contributed by atoms with Crippen molar-refractivity contribution in [3.05, 3.63) is 41.5 Å². The van der Waals surface area contributed by atoms with E-state index in [1.165, 1.54) is 0 Å². The fraction of sp³-hybridized carbons (Fsp3) is 0.438. The predicted molar refractivity (Wildman–Crippen MR) is 82.6 cm³/mol. The monoisotopic (exact) mass is 313 g/mol. The van der Waals surface area contributed by atoms with E-state index < -0.39 is 0 Å².